The molecule has 7 heteroatoms. The molecule has 0 radical (unpaired) electrons. The number of nitrogens with one attached hydrogen (secondary N) is 1. The summed E-state index contributed by atoms with van der Waals surface area (Å²) in [4.78, 5) is 18.6. The predicted molar refractivity (Wildman–Crippen MR) is 122 cm³/mol. The highest BCUT2D eigenvalue weighted by Crippen LogP contribution is 2.31. The number of methoxy groups -OCH3 is 2. The largest absolute Gasteiger partial charge is 0.493 e. The fraction of sp³-hybridized carbons (Fsp3) is 0.522. The van der Waals surface area contributed by atoms with Crippen molar-refractivity contribution < 1.29 is 14.3 Å². The van der Waals surface area contributed by atoms with Gasteiger partial charge in [-0.15, -0.1) is 11.3 Å². The molecule has 2 aromatic rings. The first-order chi connectivity index (χ1) is 14.5. The number of hydrogen-bond acceptors (Lipinski definition) is 6. The molecule has 1 aliphatic heterocycles. The maximum atomic E-state index is 12.5. The number of carbonyl (C=O) groups is 1. The topological polar surface area (TPSA) is 54.0 Å². The van der Waals surface area contributed by atoms with Crippen molar-refractivity contribution in [1.82, 2.24) is 15.1 Å². The number of carbonyl (C=O) groups excluding carboxylic acids is 1. The molecule has 30 heavy (non-hydrogen) atoms. The second-order valence-corrected chi connectivity index (χ2v) is 8.77. The van der Waals surface area contributed by atoms with Crippen molar-refractivity contribution in [2.24, 2.45) is 0 Å². The van der Waals surface area contributed by atoms with Crippen molar-refractivity contribution in [2.45, 2.75) is 32.9 Å². The number of hydrogen-bond donors (Lipinski definition) is 1. The third kappa shape index (κ3) is 5.74. The minimum Gasteiger partial charge on any atom is -0.493 e. The molecule has 1 aliphatic rings. The van der Waals surface area contributed by atoms with Gasteiger partial charge >= 0.3 is 0 Å². The lowest BCUT2D eigenvalue weighted by Crippen LogP contribution is -2.53. The molecule has 0 unspecified atom stereocenters. The highest BCUT2D eigenvalue weighted by atomic mass is 32.1. The van der Waals surface area contributed by atoms with Gasteiger partial charge in [-0.1, -0.05) is 6.07 Å². The molecule has 1 N–H and O–H groups in total. The summed E-state index contributed by atoms with van der Waals surface area (Å²) >= 11 is 1.74. The number of rotatable bonds is 9. The number of ether oxygens (including phenoxy) is 2. The maximum Gasteiger partial charge on any atom is 0.237 e. The van der Waals surface area contributed by atoms with E-state index in [1.165, 1.54) is 16.0 Å². The zero-order valence-electron chi connectivity index (χ0n) is 18.4. The predicted octanol–water partition coefficient (Wildman–Crippen LogP) is 2.94. The molecular weight excluding hydrogens is 398 g/mol. The Balaban J connectivity index is 1.46. The molecule has 6 nitrogen and oxygen atoms in total. The van der Waals surface area contributed by atoms with E-state index in [1.807, 2.05) is 19.1 Å². The van der Waals surface area contributed by atoms with Gasteiger partial charge in [0.05, 0.1) is 20.3 Å². The highest BCUT2D eigenvalue weighted by molar-refractivity contribution is 7.09. The fourth-order valence-electron chi connectivity index (χ4n) is 3.82. The van der Waals surface area contributed by atoms with Crippen molar-refractivity contribution in [2.75, 3.05) is 46.9 Å². The second kappa shape index (κ2) is 10.8. The van der Waals surface area contributed by atoms with Crippen LogP contribution in [0.25, 0.3) is 0 Å². The summed E-state index contributed by atoms with van der Waals surface area (Å²) in [6.45, 7) is 9.37. The van der Waals surface area contributed by atoms with Gasteiger partial charge in [0.25, 0.3) is 0 Å². The molecular formula is C23H33N3O3S. The molecule has 164 valence electrons. The molecule has 2 heterocycles. The Kier molecular flexibility index (Phi) is 8.13. The van der Waals surface area contributed by atoms with E-state index in [0.29, 0.717) is 6.54 Å². The van der Waals surface area contributed by atoms with E-state index in [-0.39, 0.29) is 11.9 Å². The summed E-state index contributed by atoms with van der Waals surface area (Å²) in [6, 6.07) is 8.17. The highest BCUT2D eigenvalue weighted by Gasteiger charge is 2.25. The standard InChI is InChI=1S/C23H33N3O3S/c1-17-14-21(28-3)22(29-4)15-19(17)16-25-9-11-26(12-10-25)18(2)23(27)24-8-7-20-6-5-13-30-20/h5-6,13-15,18H,7-12,16H2,1-4H3,(H,24,27)/t18-/m1/s1. The summed E-state index contributed by atoms with van der Waals surface area (Å²) in [6.07, 6.45) is 0.897. The molecule has 1 aromatic heterocycles. The van der Waals surface area contributed by atoms with Crippen LogP contribution in [-0.2, 0) is 17.8 Å². The van der Waals surface area contributed by atoms with Gasteiger partial charge < -0.3 is 14.8 Å². The zero-order valence-corrected chi connectivity index (χ0v) is 19.3. The van der Waals surface area contributed by atoms with Crippen molar-refractivity contribution in [3.05, 3.63) is 45.6 Å². The van der Waals surface area contributed by atoms with Gasteiger partial charge in [-0.05, 0) is 55.0 Å². The number of benzene rings is 1. The molecule has 0 spiro atoms. The first kappa shape index (κ1) is 22.6. The van der Waals surface area contributed by atoms with E-state index >= 15 is 0 Å². The van der Waals surface area contributed by atoms with Crippen LogP contribution in [0.4, 0.5) is 0 Å². The molecule has 1 amide bonds. The maximum absolute atomic E-state index is 12.5. The Bertz CT molecular complexity index is 817. The Morgan fingerprint density at radius 2 is 1.87 bits per heavy atom. The smallest absolute Gasteiger partial charge is 0.237 e. The van der Waals surface area contributed by atoms with E-state index < -0.39 is 0 Å². The second-order valence-electron chi connectivity index (χ2n) is 7.74. The van der Waals surface area contributed by atoms with Crippen molar-refractivity contribution >= 4 is 17.2 Å². The average molecular weight is 432 g/mol. The molecule has 3 rings (SSSR count). The van der Waals surface area contributed by atoms with E-state index in [0.717, 1.165) is 50.6 Å². The molecule has 1 saturated heterocycles. The van der Waals surface area contributed by atoms with E-state index in [9.17, 15) is 4.79 Å². The van der Waals surface area contributed by atoms with Gasteiger partial charge in [-0.25, -0.2) is 0 Å². The van der Waals surface area contributed by atoms with Gasteiger partial charge in [0.15, 0.2) is 11.5 Å². The lowest BCUT2D eigenvalue weighted by atomic mass is 10.1. The van der Waals surface area contributed by atoms with Crippen molar-refractivity contribution in [1.29, 1.82) is 0 Å². The van der Waals surface area contributed by atoms with Gasteiger partial charge in [-0.2, -0.15) is 0 Å². The van der Waals surface area contributed by atoms with Gasteiger partial charge in [-0.3, -0.25) is 14.6 Å². The monoisotopic (exact) mass is 431 g/mol. The van der Waals surface area contributed by atoms with Gasteiger partial charge in [0.1, 0.15) is 0 Å². The average Bonchev–Trinajstić information content (AvgIpc) is 3.28. The Morgan fingerprint density at radius 3 is 2.50 bits per heavy atom. The van der Waals surface area contributed by atoms with Crippen molar-refractivity contribution in [3.8, 4) is 11.5 Å². The first-order valence-electron chi connectivity index (χ1n) is 10.5. The normalized spacial score (nSPS) is 16.3. The van der Waals surface area contributed by atoms with E-state index in [4.69, 9.17) is 9.47 Å². The Labute approximate surface area is 183 Å². The first-order valence-corrected chi connectivity index (χ1v) is 11.4. The summed E-state index contributed by atoms with van der Waals surface area (Å²) in [7, 11) is 3.33. The number of piperazine rings is 1. The van der Waals surface area contributed by atoms with Gasteiger partial charge in [0.2, 0.25) is 5.91 Å². The molecule has 0 aliphatic carbocycles. The zero-order chi connectivity index (χ0) is 21.5. The van der Waals surface area contributed by atoms with Crippen LogP contribution in [0.15, 0.2) is 29.6 Å². The van der Waals surface area contributed by atoms with Crippen LogP contribution in [-0.4, -0.2) is 68.7 Å². The van der Waals surface area contributed by atoms with Gasteiger partial charge in [0, 0.05) is 44.1 Å². The lowest BCUT2D eigenvalue weighted by Gasteiger charge is -2.37. The quantitative estimate of drug-likeness (QED) is 0.662. The molecule has 0 bridgehead atoms. The number of thiophene rings is 1. The minimum atomic E-state index is -0.0988. The Morgan fingerprint density at radius 1 is 1.17 bits per heavy atom. The summed E-state index contributed by atoms with van der Waals surface area (Å²) in [5.74, 6) is 1.66. The van der Waals surface area contributed by atoms with Crippen LogP contribution in [0.3, 0.4) is 0 Å². The molecule has 1 fully saturated rings. The van der Waals surface area contributed by atoms with Crippen LogP contribution in [0.5, 0.6) is 11.5 Å². The summed E-state index contributed by atoms with van der Waals surface area (Å²) in [5, 5.41) is 5.16. The van der Waals surface area contributed by atoms with Crippen LogP contribution < -0.4 is 14.8 Å². The number of amides is 1. The SMILES string of the molecule is COc1cc(C)c(CN2CCN([C@H](C)C(=O)NCCc3cccs3)CC2)cc1OC. The van der Waals surface area contributed by atoms with E-state index in [2.05, 4.69) is 39.6 Å². The summed E-state index contributed by atoms with van der Waals surface area (Å²) < 4.78 is 10.8. The molecule has 1 atom stereocenters. The third-order valence-corrected chi connectivity index (χ3v) is 6.76. The van der Waals surface area contributed by atoms with Crippen LogP contribution in [0.2, 0.25) is 0 Å². The van der Waals surface area contributed by atoms with Crippen LogP contribution in [0, 0.1) is 6.92 Å². The molecule has 1 aromatic carbocycles. The number of aryl methyl sites for hydroxylation is 1. The van der Waals surface area contributed by atoms with Crippen LogP contribution in [0.1, 0.15) is 22.9 Å². The lowest BCUT2D eigenvalue weighted by molar-refractivity contribution is -0.126. The number of nitrogens with zero attached hydrogens (tertiary/aromatic N) is 2. The Hall–Kier alpha value is -2.09. The fourth-order valence-corrected chi connectivity index (χ4v) is 4.53. The van der Waals surface area contributed by atoms with Crippen molar-refractivity contribution in [3.63, 3.8) is 0 Å². The third-order valence-electron chi connectivity index (χ3n) is 5.82. The minimum absolute atomic E-state index is 0.0988. The summed E-state index contributed by atoms with van der Waals surface area (Å²) in [5.41, 5.74) is 2.45. The van der Waals surface area contributed by atoms with Crippen LogP contribution >= 0.6 is 11.3 Å². The van der Waals surface area contributed by atoms with E-state index in [1.54, 1.807) is 25.6 Å². The molecule has 0 saturated carbocycles.